The summed E-state index contributed by atoms with van der Waals surface area (Å²) < 4.78 is 4.80. The van der Waals surface area contributed by atoms with Crippen LogP contribution in [0, 0.1) is 5.92 Å². The van der Waals surface area contributed by atoms with E-state index in [1.54, 1.807) is 0 Å². The molecule has 0 amide bonds. The molecule has 2 unspecified atom stereocenters. The summed E-state index contributed by atoms with van der Waals surface area (Å²) >= 11 is 0. The molecule has 0 heterocycles. The maximum atomic E-state index is 11.5. The fourth-order valence-electron chi connectivity index (χ4n) is 2.14. The van der Waals surface area contributed by atoms with Crippen LogP contribution < -0.4 is 5.32 Å². The van der Waals surface area contributed by atoms with Gasteiger partial charge in [0.05, 0.1) is 7.11 Å². The molecule has 3 nitrogen and oxygen atoms in total. The van der Waals surface area contributed by atoms with Gasteiger partial charge in [-0.1, -0.05) is 13.3 Å². The number of hydrogen-bond acceptors (Lipinski definition) is 3. The molecule has 0 radical (unpaired) electrons. The Bertz CT molecular complexity index is 181. The van der Waals surface area contributed by atoms with E-state index < -0.39 is 5.54 Å². The van der Waals surface area contributed by atoms with Gasteiger partial charge >= 0.3 is 5.97 Å². The zero-order chi connectivity index (χ0) is 9.19. The first-order valence-corrected chi connectivity index (χ1v) is 4.44. The minimum atomic E-state index is -0.408. The predicted molar refractivity (Wildman–Crippen MR) is 46.8 cm³/mol. The van der Waals surface area contributed by atoms with E-state index in [1.165, 1.54) is 7.11 Å². The summed E-state index contributed by atoms with van der Waals surface area (Å²) in [5.74, 6) is 0.268. The van der Waals surface area contributed by atoms with Crippen molar-refractivity contribution in [1.29, 1.82) is 0 Å². The van der Waals surface area contributed by atoms with Gasteiger partial charge in [0.2, 0.25) is 0 Å². The molecule has 1 aliphatic carbocycles. The van der Waals surface area contributed by atoms with Crippen molar-refractivity contribution in [3.8, 4) is 0 Å². The van der Waals surface area contributed by atoms with Gasteiger partial charge in [-0.2, -0.15) is 0 Å². The molecule has 1 rings (SSSR count). The first kappa shape index (κ1) is 9.52. The zero-order valence-electron chi connectivity index (χ0n) is 8.02. The van der Waals surface area contributed by atoms with E-state index >= 15 is 0 Å². The predicted octanol–water partition coefficient (Wildman–Crippen LogP) is 0.938. The lowest BCUT2D eigenvalue weighted by atomic mass is 9.89. The van der Waals surface area contributed by atoms with Crippen molar-refractivity contribution in [2.24, 2.45) is 5.92 Å². The molecule has 3 heteroatoms. The van der Waals surface area contributed by atoms with Gasteiger partial charge in [-0.15, -0.1) is 0 Å². The van der Waals surface area contributed by atoms with Crippen LogP contribution in [0.3, 0.4) is 0 Å². The third-order valence-electron chi connectivity index (χ3n) is 3.05. The number of esters is 1. The number of rotatable bonds is 2. The average molecular weight is 171 g/mol. The van der Waals surface area contributed by atoms with Gasteiger partial charge in [-0.25, -0.2) is 0 Å². The molecular formula is C9H17NO2. The van der Waals surface area contributed by atoms with Crippen LogP contribution in [0.15, 0.2) is 0 Å². The van der Waals surface area contributed by atoms with Crippen LogP contribution in [-0.2, 0) is 9.53 Å². The van der Waals surface area contributed by atoms with E-state index in [9.17, 15) is 4.79 Å². The van der Waals surface area contributed by atoms with Crippen LogP contribution in [0.1, 0.15) is 26.2 Å². The maximum Gasteiger partial charge on any atom is 0.326 e. The number of nitrogens with one attached hydrogen (secondary N) is 1. The zero-order valence-corrected chi connectivity index (χ0v) is 8.02. The van der Waals surface area contributed by atoms with Crippen LogP contribution in [0.2, 0.25) is 0 Å². The molecule has 1 N–H and O–H groups in total. The molecule has 70 valence electrons. The smallest absolute Gasteiger partial charge is 0.326 e. The summed E-state index contributed by atoms with van der Waals surface area (Å²) in [6.07, 6.45) is 3.12. The molecule has 12 heavy (non-hydrogen) atoms. The highest BCUT2D eigenvalue weighted by molar-refractivity contribution is 5.81. The molecule has 2 atom stereocenters. The molecule has 0 aliphatic heterocycles. The van der Waals surface area contributed by atoms with E-state index in [0.29, 0.717) is 5.92 Å². The summed E-state index contributed by atoms with van der Waals surface area (Å²) in [5.41, 5.74) is -0.408. The standard InChI is InChI=1S/C9H17NO2/c1-7-5-4-6-9(7,10-2)8(11)12-3/h7,10H,4-6H2,1-3H3. The Labute approximate surface area is 73.5 Å². The number of carbonyl (C=O) groups excluding carboxylic acids is 1. The highest BCUT2D eigenvalue weighted by Gasteiger charge is 2.46. The highest BCUT2D eigenvalue weighted by Crippen LogP contribution is 2.35. The fraction of sp³-hybridized carbons (Fsp3) is 0.889. The van der Waals surface area contributed by atoms with Crippen molar-refractivity contribution in [3.05, 3.63) is 0 Å². The number of likely N-dealkylation sites (N-methyl/N-ethyl adjacent to an activating group) is 1. The topological polar surface area (TPSA) is 38.3 Å². The second kappa shape index (κ2) is 3.44. The minimum Gasteiger partial charge on any atom is -0.468 e. The molecule has 0 aromatic heterocycles. The van der Waals surface area contributed by atoms with Gasteiger partial charge in [0.1, 0.15) is 5.54 Å². The lowest BCUT2D eigenvalue weighted by Crippen LogP contribution is -2.52. The van der Waals surface area contributed by atoms with Gasteiger partial charge in [0.25, 0.3) is 0 Å². The Kier molecular flexibility index (Phi) is 2.73. The number of ether oxygens (including phenoxy) is 1. The molecule has 0 spiro atoms. The second-order valence-corrected chi connectivity index (χ2v) is 3.51. The monoisotopic (exact) mass is 171 g/mol. The summed E-state index contributed by atoms with van der Waals surface area (Å²) in [5, 5.41) is 3.10. The lowest BCUT2D eigenvalue weighted by molar-refractivity contribution is -0.149. The normalized spacial score (nSPS) is 35.1. The first-order valence-electron chi connectivity index (χ1n) is 4.44. The van der Waals surface area contributed by atoms with E-state index in [-0.39, 0.29) is 5.97 Å². The summed E-state index contributed by atoms with van der Waals surface area (Å²) in [6.45, 7) is 2.10. The van der Waals surface area contributed by atoms with Crippen molar-refractivity contribution in [2.75, 3.05) is 14.2 Å². The van der Waals surface area contributed by atoms with Crippen LogP contribution >= 0.6 is 0 Å². The summed E-state index contributed by atoms with van der Waals surface area (Å²) in [7, 11) is 3.28. The lowest BCUT2D eigenvalue weighted by Gasteiger charge is -2.29. The maximum absolute atomic E-state index is 11.5. The number of carbonyl (C=O) groups is 1. The minimum absolute atomic E-state index is 0.116. The van der Waals surface area contributed by atoms with Gasteiger partial charge in [-0.3, -0.25) is 4.79 Å². The molecule has 0 aromatic rings. The van der Waals surface area contributed by atoms with Crippen LogP contribution in [0.4, 0.5) is 0 Å². The Balaban J connectivity index is 2.81. The van der Waals surface area contributed by atoms with Gasteiger partial charge in [0, 0.05) is 0 Å². The third kappa shape index (κ3) is 1.22. The molecule has 1 saturated carbocycles. The summed E-state index contributed by atoms with van der Waals surface area (Å²) in [6, 6.07) is 0. The van der Waals surface area contributed by atoms with Crippen LogP contribution in [0.5, 0.6) is 0 Å². The van der Waals surface area contributed by atoms with E-state index in [1.807, 2.05) is 7.05 Å². The van der Waals surface area contributed by atoms with Crippen LogP contribution in [0.25, 0.3) is 0 Å². The van der Waals surface area contributed by atoms with Crippen molar-refractivity contribution >= 4 is 5.97 Å². The quantitative estimate of drug-likeness (QED) is 0.628. The Hall–Kier alpha value is -0.570. The molecule has 0 bridgehead atoms. The van der Waals surface area contributed by atoms with Crippen molar-refractivity contribution < 1.29 is 9.53 Å². The molecular weight excluding hydrogens is 154 g/mol. The second-order valence-electron chi connectivity index (χ2n) is 3.51. The fourth-order valence-corrected chi connectivity index (χ4v) is 2.14. The highest BCUT2D eigenvalue weighted by atomic mass is 16.5. The van der Waals surface area contributed by atoms with E-state index in [4.69, 9.17) is 4.74 Å². The van der Waals surface area contributed by atoms with E-state index in [0.717, 1.165) is 19.3 Å². The molecule has 0 saturated heterocycles. The molecule has 1 fully saturated rings. The first-order chi connectivity index (χ1) is 5.67. The van der Waals surface area contributed by atoms with Gasteiger partial charge in [-0.05, 0) is 25.8 Å². The molecule has 0 aromatic carbocycles. The Morgan fingerprint density at radius 1 is 1.67 bits per heavy atom. The van der Waals surface area contributed by atoms with Gasteiger partial charge in [0.15, 0.2) is 0 Å². The Morgan fingerprint density at radius 3 is 2.67 bits per heavy atom. The van der Waals surface area contributed by atoms with Crippen LogP contribution in [-0.4, -0.2) is 25.7 Å². The van der Waals surface area contributed by atoms with Crippen molar-refractivity contribution in [2.45, 2.75) is 31.7 Å². The van der Waals surface area contributed by atoms with Gasteiger partial charge < -0.3 is 10.1 Å². The Morgan fingerprint density at radius 2 is 2.33 bits per heavy atom. The number of methoxy groups -OCH3 is 1. The van der Waals surface area contributed by atoms with Crippen molar-refractivity contribution in [1.82, 2.24) is 5.32 Å². The average Bonchev–Trinajstić information content (AvgIpc) is 2.46. The SMILES string of the molecule is CNC1(C(=O)OC)CCCC1C. The molecule has 1 aliphatic rings. The largest absolute Gasteiger partial charge is 0.468 e. The third-order valence-corrected chi connectivity index (χ3v) is 3.05. The van der Waals surface area contributed by atoms with E-state index in [2.05, 4.69) is 12.2 Å². The summed E-state index contributed by atoms with van der Waals surface area (Å²) in [4.78, 5) is 11.5. The number of hydrogen-bond donors (Lipinski definition) is 1. The van der Waals surface area contributed by atoms with Crippen molar-refractivity contribution in [3.63, 3.8) is 0 Å².